The van der Waals surface area contributed by atoms with Crippen molar-refractivity contribution in [3.63, 3.8) is 0 Å². The third-order valence-electron chi connectivity index (χ3n) is 3.66. The van der Waals surface area contributed by atoms with Crippen molar-refractivity contribution in [3.05, 3.63) is 64.7 Å². The van der Waals surface area contributed by atoms with Crippen molar-refractivity contribution >= 4 is 16.7 Å². The van der Waals surface area contributed by atoms with Crippen LogP contribution in [0.15, 0.2) is 42.5 Å². The maximum Gasteiger partial charge on any atom is 0.253 e. The zero-order valence-electron chi connectivity index (χ0n) is 14.5. The standard InChI is InChI=1S/C19H23NO3S/c1-14-8-9-18(23-4)17(10-14)13-24(22)12-15-6-5-7-16(11-15)19(21)20(2)3/h5-11H,12-13H2,1-4H3. The van der Waals surface area contributed by atoms with Crippen molar-refractivity contribution in [2.45, 2.75) is 18.4 Å². The molecule has 0 aromatic heterocycles. The Hall–Kier alpha value is -2.14. The van der Waals surface area contributed by atoms with Crippen molar-refractivity contribution in [2.75, 3.05) is 21.2 Å². The molecule has 0 bridgehead atoms. The Bertz CT molecular complexity index is 756. The fourth-order valence-electron chi connectivity index (χ4n) is 2.48. The predicted octanol–water partition coefficient (Wildman–Crippen LogP) is 3.15. The molecular formula is C19H23NO3S. The Morgan fingerprint density at radius 2 is 1.88 bits per heavy atom. The van der Waals surface area contributed by atoms with Crippen molar-refractivity contribution in [2.24, 2.45) is 0 Å². The van der Waals surface area contributed by atoms with Crippen LogP contribution in [0.1, 0.15) is 27.0 Å². The minimum Gasteiger partial charge on any atom is -0.496 e. The number of hydrogen-bond acceptors (Lipinski definition) is 3. The summed E-state index contributed by atoms with van der Waals surface area (Å²) in [5, 5.41) is 0. The minimum atomic E-state index is -1.08. The van der Waals surface area contributed by atoms with Gasteiger partial charge in [-0.05, 0) is 30.7 Å². The van der Waals surface area contributed by atoms with Crippen LogP contribution in [0.3, 0.4) is 0 Å². The SMILES string of the molecule is COc1ccc(C)cc1CS(=O)Cc1cccc(C(=O)N(C)C)c1. The normalized spacial score (nSPS) is 11.8. The number of carbonyl (C=O) groups excluding carboxylic acids is 1. The summed E-state index contributed by atoms with van der Waals surface area (Å²) in [7, 11) is 3.98. The molecule has 24 heavy (non-hydrogen) atoms. The molecule has 1 atom stereocenters. The number of nitrogens with zero attached hydrogens (tertiary/aromatic N) is 1. The number of aryl methyl sites for hydroxylation is 1. The van der Waals surface area contributed by atoms with Gasteiger partial charge in [-0.2, -0.15) is 0 Å². The Kier molecular flexibility index (Phi) is 6.15. The zero-order chi connectivity index (χ0) is 17.7. The van der Waals surface area contributed by atoms with Gasteiger partial charge >= 0.3 is 0 Å². The molecule has 128 valence electrons. The smallest absolute Gasteiger partial charge is 0.253 e. The maximum atomic E-state index is 12.5. The number of ether oxygens (including phenoxy) is 1. The van der Waals surface area contributed by atoms with Crippen LogP contribution in [0.25, 0.3) is 0 Å². The lowest BCUT2D eigenvalue weighted by molar-refractivity contribution is 0.0827. The van der Waals surface area contributed by atoms with Gasteiger partial charge in [0.1, 0.15) is 5.75 Å². The fourth-order valence-corrected chi connectivity index (χ4v) is 3.71. The third kappa shape index (κ3) is 4.68. The van der Waals surface area contributed by atoms with E-state index in [9.17, 15) is 9.00 Å². The molecule has 0 N–H and O–H groups in total. The van der Waals surface area contributed by atoms with Gasteiger partial charge in [-0.1, -0.05) is 29.8 Å². The van der Waals surface area contributed by atoms with E-state index in [0.29, 0.717) is 17.1 Å². The van der Waals surface area contributed by atoms with Crippen molar-refractivity contribution in [1.29, 1.82) is 0 Å². The van der Waals surface area contributed by atoms with E-state index in [0.717, 1.165) is 22.4 Å². The lowest BCUT2D eigenvalue weighted by Gasteiger charge is -2.12. The van der Waals surface area contributed by atoms with E-state index in [2.05, 4.69) is 0 Å². The molecule has 1 amide bonds. The van der Waals surface area contributed by atoms with Crippen LogP contribution < -0.4 is 4.74 Å². The van der Waals surface area contributed by atoms with E-state index in [1.54, 1.807) is 27.3 Å². The molecule has 2 aromatic rings. The number of amides is 1. The minimum absolute atomic E-state index is 0.0528. The maximum absolute atomic E-state index is 12.5. The molecule has 1 unspecified atom stereocenters. The highest BCUT2D eigenvalue weighted by atomic mass is 32.2. The molecule has 0 fully saturated rings. The Balaban J connectivity index is 2.12. The molecule has 0 aliphatic heterocycles. The molecule has 0 spiro atoms. The number of rotatable bonds is 6. The topological polar surface area (TPSA) is 46.6 Å². The summed E-state index contributed by atoms with van der Waals surface area (Å²) in [6, 6.07) is 13.2. The van der Waals surface area contributed by atoms with Gasteiger partial charge < -0.3 is 9.64 Å². The summed E-state index contributed by atoms with van der Waals surface area (Å²) in [6.07, 6.45) is 0. The van der Waals surface area contributed by atoms with Crippen LogP contribution in [-0.2, 0) is 22.3 Å². The largest absolute Gasteiger partial charge is 0.496 e. The Morgan fingerprint density at radius 1 is 1.12 bits per heavy atom. The molecular weight excluding hydrogens is 322 g/mol. The van der Waals surface area contributed by atoms with Gasteiger partial charge in [-0.3, -0.25) is 9.00 Å². The Morgan fingerprint density at radius 3 is 2.54 bits per heavy atom. The second kappa shape index (κ2) is 8.11. The highest BCUT2D eigenvalue weighted by Crippen LogP contribution is 2.22. The quantitative estimate of drug-likeness (QED) is 0.808. The number of methoxy groups -OCH3 is 1. The van der Waals surface area contributed by atoms with Gasteiger partial charge in [0, 0.05) is 41.8 Å². The zero-order valence-corrected chi connectivity index (χ0v) is 15.4. The molecule has 2 rings (SSSR count). The van der Waals surface area contributed by atoms with Crippen molar-refractivity contribution < 1.29 is 13.7 Å². The third-order valence-corrected chi connectivity index (χ3v) is 4.95. The summed E-state index contributed by atoms with van der Waals surface area (Å²) >= 11 is 0. The van der Waals surface area contributed by atoms with E-state index in [-0.39, 0.29) is 5.91 Å². The van der Waals surface area contributed by atoms with Gasteiger partial charge in [0.25, 0.3) is 5.91 Å². The van der Waals surface area contributed by atoms with Gasteiger partial charge in [-0.15, -0.1) is 0 Å². The summed E-state index contributed by atoms with van der Waals surface area (Å²) in [5.41, 5.74) is 3.56. The molecule has 5 heteroatoms. The average molecular weight is 345 g/mol. The van der Waals surface area contributed by atoms with E-state index in [1.165, 1.54) is 4.90 Å². The second-order valence-corrected chi connectivity index (χ2v) is 7.40. The first-order valence-electron chi connectivity index (χ1n) is 7.70. The molecule has 4 nitrogen and oxygen atoms in total. The highest BCUT2D eigenvalue weighted by Gasteiger charge is 2.11. The number of hydrogen-bond donors (Lipinski definition) is 0. The molecule has 0 radical (unpaired) electrons. The van der Waals surface area contributed by atoms with Crippen LogP contribution in [0.4, 0.5) is 0 Å². The van der Waals surface area contributed by atoms with Crippen LogP contribution in [0.5, 0.6) is 5.75 Å². The van der Waals surface area contributed by atoms with E-state index in [4.69, 9.17) is 4.74 Å². The second-order valence-electron chi connectivity index (χ2n) is 5.94. The van der Waals surface area contributed by atoms with E-state index < -0.39 is 10.8 Å². The summed E-state index contributed by atoms with van der Waals surface area (Å²) in [5.74, 6) is 1.54. The fraction of sp³-hybridized carbons (Fsp3) is 0.316. The van der Waals surface area contributed by atoms with Crippen molar-refractivity contribution in [1.82, 2.24) is 4.90 Å². The first kappa shape index (κ1) is 18.2. The van der Waals surface area contributed by atoms with Crippen molar-refractivity contribution in [3.8, 4) is 5.75 Å². The van der Waals surface area contributed by atoms with Gasteiger partial charge in [0.2, 0.25) is 0 Å². The number of benzene rings is 2. The van der Waals surface area contributed by atoms with E-state index >= 15 is 0 Å². The van der Waals surface area contributed by atoms with Gasteiger partial charge in [0.05, 0.1) is 12.9 Å². The molecule has 2 aromatic carbocycles. The first-order chi connectivity index (χ1) is 11.4. The Labute approximate surface area is 145 Å². The van der Waals surface area contributed by atoms with Crippen LogP contribution in [0.2, 0.25) is 0 Å². The van der Waals surface area contributed by atoms with Gasteiger partial charge in [0.15, 0.2) is 0 Å². The average Bonchev–Trinajstić information content (AvgIpc) is 2.54. The monoisotopic (exact) mass is 345 g/mol. The van der Waals surface area contributed by atoms with Crippen LogP contribution in [-0.4, -0.2) is 36.2 Å². The molecule has 0 saturated carbocycles. The summed E-state index contributed by atoms with van der Waals surface area (Å²) in [4.78, 5) is 13.6. The lowest BCUT2D eigenvalue weighted by Crippen LogP contribution is -2.21. The van der Waals surface area contributed by atoms with Crippen LogP contribution >= 0.6 is 0 Å². The first-order valence-corrected chi connectivity index (χ1v) is 9.18. The highest BCUT2D eigenvalue weighted by molar-refractivity contribution is 7.83. The van der Waals surface area contributed by atoms with Gasteiger partial charge in [-0.25, -0.2) is 0 Å². The molecule has 0 heterocycles. The number of carbonyl (C=O) groups is 1. The lowest BCUT2D eigenvalue weighted by atomic mass is 10.1. The summed E-state index contributed by atoms with van der Waals surface area (Å²) < 4.78 is 17.9. The van der Waals surface area contributed by atoms with Crippen LogP contribution in [0, 0.1) is 6.92 Å². The van der Waals surface area contributed by atoms with E-state index in [1.807, 2.05) is 43.3 Å². The summed E-state index contributed by atoms with van der Waals surface area (Å²) in [6.45, 7) is 2.00. The predicted molar refractivity (Wildman–Crippen MR) is 97.7 cm³/mol. The molecule has 0 aliphatic rings. The molecule has 0 aliphatic carbocycles. The molecule has 0 saturated heterocycles.